The molecule has 0 radical (unpaired) electrons. The summed E-state index contributed by atoms with van der Waals surface area (Å²) in [7, 11) is 0. The van der Waals surface area contributed by atoms with Gasteiger partial charge in [0.2, 0.25) is 5.91 Å². The van der Waals surface area contributed by atoms with E-state index in [0.717, 1.165) is 31.5 Å². The Morgan fingerprint density at radius 3 is 2.96 bits per heavy atom. The van der Waals surface area contributed by atoms with Crippen molar-refractivity contribution in [2.24, 2.45) is 5.92 Å². The van der Waals surface area contributed by atoms with Crippen LogP contribution in [0.25, 0.3) is 0 Å². The highest BCUT2D eigenvalue weighted by Gasteiger charge is 2.26. The number of hydrogen-bond acceptors (Lipinski definition) is 3. The quantitative estimate of drug-likeness (QED) is 0.397. The van der Waals surface area contributed by atoms with Gasteiger partial charge in [0.1, 0.15) is 0 Å². The molecule has 23 heavy (non-hydrogen) atoms. The fourth-order valence-electron chi connectivity index (χ4n) is 2.61. The normalized spacial score (nSPS) is 22.8. The van der Waals surface area contributed by atoms with E-state index >= 15 is 0 Å². The highest BCUT2D eigenvalue weighted by Crippen LogP contribution is 2.25. The molecule has 1 rings (SSSR count). The minimum atomic E-state index is -0.00549. The van der Waals surface area contributed by atoms with Crippen LogP contribution in [-0.2, 0) is 9.53 Å². The van der Waals surface area contributed by atoms with Gasteiger partial charge in [-0.05, 0) is 24.5 Å². The Bertz CT molecular complexity index is 450. The predicted octanol–water partition coefficient (Wildman–Crippen LogP) is 2.98. The van der Waals surface area contributed by atoms with Crippen LogP contribution in [0.2, 0.25) is 0 Å². The Morgan fingerprint density at radius 1 is 1.52 bits per heavy atom. The number of amides is 1. The molecule has 130 valence electrons. The van der Waals surface area contributed by atoms with E-state index in [1.165, 1.54) is 6.92 Å². The van der Waals surface area contributed by atoms with E-state index in [4.69, 9.17) is 27.9 Å². The molecule has 2 N–H and O–H groups in total. The van der Waals surface area contributed by atoms with Crippen LogP contribution in [-0.4, -0.2) is 44.1 Å². The van der Waals surface area contributed by atoms with Crippen LogP contribution in [0.15, 0.2) is 35.4 Å². The number of halogens is 2. The van der Waals surface area contributed by atoms with Crippen LogP contribution in [0.1, 0.15) is 19.8 Å². The van der Waals surface area contributed by atoms with Gasteiger partial charge in [0.05, 0.1) is 12.7 Å². The van der Waals surface area contributed by atoms with E-state index in [9.17, 15) is 4.79 Å². The summed E-state index contributed by atoms with van der Waals surface area (Å²) < 4.78 is 6.01. The van der Waals surface area contributed by atoms with Crippen molar-refractivity contribution in [1.29, 1.82) is 0 Å². The fraction of sp³-hybridized carbons (Fsp3) is 0.588. The van der Waals surface area contributed by atoms with Crippen molar-refractivity contribution in [2.45, 2.75) is 25.9 Å². The zero-order chi connectivity index (χ0) is 17.1. The minimum Gasteiger partial charge on any atom is -0.376 e. The number of rotatable bonds is 8. The monoisotopic (exact) mass is 360 g/mol. The van der Waals surface area contributed by atoms with Crippen LogP contribution < -0.4 is 10.6 Å². The van der Waals surface area contributed by atoms with Gasteiger partial charge in [0.15, 0.2) is 0 Å². The third-order valence-electron chi connectivity index (χ3n) is 3.61. The first-order valence-electron chi connectivity index (χ1n) is 7.90. The zero-order valence-electron chi connectivity index (χ0n) is 13.6. The van der Waals surface area contributed by atoms with E-state index in [1.54, 1.807) is 0 Å². The molecule has 0 aromatic carbocycles. The van der Waals surface area contributed by atoms with Crippen LogP contribution in [0.4, 0.5) is 0 Å². The molecule has 4 nitrogen and oxygen atoms in total. The van der Waals surface area contributed by atoms with E-state index in [1.807, 2.05) is 18.2 Å². The number of carbonyl (C=O) groups is 1. The summed E-state index contributed by atoms with van der Waals surface area (Å²) in [6.07, 6.45) is 7.56. The lowest BCUT2D eigenvalue weighted by atomic mass is 9.89. The molecule has 0 aromatic heterocycles. The lowest BCUT2D eigenvalue weighted by Gasteiger charge is -2.26. The Labute approximate surface area is 148 Å². The van der Waals surface area contributed by atoms with Crippen molar-refractivity contribution in [2.75, 3.05) is 32.1 Å². The maximum absolute atomic E-state index is 11.0. The number of alkyl halides is 1. The zero-order valence-corrected chi connectivity index (χ0v) is 15.1. The molecule has 0 spiro atoms. The number of allylic oxidation sites excluding steroid dienone is 4. The Morgan fingerprint density at radius 2 is 2.30 bits per heavy atom. The van der Waals surface area contributed by atoms with Gasteiger partial charge in [0.25, 0.3) is 0 Å². The second-order valence-corrected chi connectivity index (χ2v) is 6.29. The largest absolute Gasteiger partial charge is 0.376 e. The van der Waals surface area contributed by atoms with Crippen LogP contribution in [0.5, 0.6) is 0 Å². The number of hydrogen-bond donors (Lipinski definition) is 2. The first-order valence-corrected chi connectivity index (χ1v) is 8.81. The highest BCUT2D eigenvalue weighted by atomic mass is 35.5. The second-order valence-electron chi connectivity index (χ2n) is 5.49. The van der Waals surface area contributed by atoms with Crippen LogP contribution in [0, 0.1) is 5.92 Å². The Hall–Kier alpha value is -0.810. The van der Waals surface area contributed by atoms with Gasteiger partial charge in [-0.1, -0.05) is 30.3 Å². The molecule has 0 aliphatic carbocycles. The number of ether oxygens (including phenoxy) is 1. The predicted molar refractivity (Wildman–Crippen MR) is 97.0 cm³/mol. The summed E-state index contributed by atoms with van der Waals surface area (Å²) in [5, 5.41) is 6.70. The van der Waals surface area contributed by atoms with Crippen LogP contribution in [0.3, 0.4) is 0 Å². The Kier molecular flexibility index (Phi) is 10.3. The molecule has 0 saturated carbocycles. The van der Waals surface area contributed by atoms with Crippen molar-refractivity contribution in [3.63, 3.8) is 0 Å². The number of nitrogens with one attached hydrogen (secondary N) is 2. The van der Waals surface area contributed by atoms with E-state index in [0.29, 0.717) is 24.1 Å². The van der Waals surface area contributed by atoms with Gasteiger partial charge < -0.3 is 15.4 Å². The van der Waals surface area contributed by atoms with Crippen molar-refractivity contribution < 1.29 is 9.53 Å². The smallest absolute Gasteiger partial charge is 0.216 e. The van der Waals surface area contributed by atoms with Gasteiger partial charge in [-0.2, -0.15) is 0 Å². The maximum Gasteiger partial charge on any atom is 0.216 e. The summed E-state index contributed by atoms with van der Waals surface area (Å²) in [6.45, 7) is 8.26. The van der Waals surface area contributed by atoms with E-state index < -0.39 is 0 Å². The molecule has 1 aliphatic heterocycles. The lowest BCUT2D eigenvalue weighted by Crippen LogP contribution is -2.31. The second kappa shape index (κ2) is 11.7. The molecular formula is C17H26Cl2N2O2. The number of carbonyl (C=O) groups excluding carboxylic acids is 1. The molecule has 2 unspecified atom stereocenters. The van der Waals surface area contributed by atoms with Crippen molar-refractivity contribution in [1.82, 2.24) is 10.6 Å². The van der Waals surface area contributed by atoms with Gasteiger partial charge in [0, 0.05) is 43.4 Å². The molecule has 6 heteroatoms. The molecule has 1 fully saturated rings. The first-order chi connectivity index (χ1) is 11.0. The molecule has 0 bridgehead atoms. The highest BCUT2D eigenvalue weighted by molar-refractivity contribution is 6.30. The molecule has 1 saturated heterocycles. The fourth-order valence-corrected chi connectivity index (χ4v) is 2.83. The third kappa shape index (κ3) is 8.56. The average Bonchev–Trinajstić information content (AvgIpc) is 2.73. The maximum atomic E-state index is 11.0. The van der Waals surface area contributed by atoms with Crippen molar-refractivity contribution in [3.8, 4) is 0 Å². The summed E-state index contributed by atoms with van der Waals surface area (Å²) in [5.41, 5.74) is 1.06. The molecular weight excluding hydrogens is 335 g/mol. The molecule has 2 atom stereocenters. The minimum absolute atomic E-state index is 0.00549. The van der Waals surface area contributed by atoms with E-state index in [2.05, 4.69) is 17.2 Å². The lowest BCUT2D eigenvalue weighted by molar-refractivity contribution is -0.119. The van der Waals surface area contributed by atoms with Gasteiger partial charge in [-0.15, -0.1) is 11.6 Å². The van der Waals surface area contributed by atoms with Gasteiger partial charge in [-0.3, -0.25) is 4.79 Å². The molecule has 1 heterocycles. The molecule has 0 aromatic rings. The van der Waals surface area contributed by atoms with Crippen molar-refractivity contribution in [3.05, 3.63) is 35.4 Å². The average molecular weight is 361 g/mol. The Balaban J connectivity index is 2.79. The summed E-state index contributed by atoms with van der Waals surface area (Å²) in [5.74, 6) is 0.610. The van der Waals surface area contributed by atoms with Crippen LogP contribution >= 0.6 is 23.2 Å². The van der Waals surface area contributed by atoms with Crippen molar-refractivity contribution >= 4 is 29.1 Å². The molecule has 1 aliphatic rings. The van der Waals surface area contributed by atoms with E-state index in [-0.39, 0.29) is 17.9 Å². The summed E-state index contributed by atoms with van der Waals surface area (Å²) in [6, 6.07) is 0. The topological polar surface area (TPSA) is 50.4 Å². The molecule has 1 amide bonds. The summed E-state index contributed by atoms with van der Waals surface area (Å²) in [4.78, 5) is 11.0. The van der Waals surface area contributed by atoms with Gasteiger partial charge >= 0.3 is 0 Å². The SMILES string of the molecule is C=C(Cl)C=C(C=CCCl)C1CNCCOC1CCCNC(C)=O. The standard InChI is InChI=1S/C17H26Cl2N2O2/c1-13(19)11-15(5-3-7-18)16-12-20-9-10-23-17(16)6-4-8-21-14(2)22/h3,5,11,16-17,20H,1,4,6-10,12H2,2H3,(H,21,22). The van der Waals surface area contributed by atoms with Gasteiger partial charge in [-0.25, -0.2) is 0 Å². The third-order valence-corrected chi connectivity index (χ3v) is 3.90. The first kappa shape index (κ1) is 20.2. The summed E-state index contributed by atoms with van der Waals surface area (Å²) >= 11 is 11.7.